The largest absolute Gasteiger partial charge is 0.477 e. The van der Waals surface area contributed by atoms with Crippen LogP contribution in [0.2, 0.25) is 0 Å². The highest BCUT2D eigenvalue weighted by atomic mass is 16.6. The van der Waals surface area contributed by atoms with Gasteiger partial charge in [0.15, 0.2) is 12.1 Å². The van der Waals surface area contributed by atoms with Crippen molar-refractivity contribution in [2.24, 2.45) is 0 Å². The second-order valence-corrected chi connectivity index (χ2v) is 17.3. The Morgan fingerprint density at radius 3 is 1.38 bits per heavy atom. The predicted octanol–water partition coefficient (Wildman–Crippen LogP) is 13.9. The van der Waals surface area contributed by atoms with Gasteiger partial charge in [-0.2, -0.15) is 0 Å². The Bertz CT molecular complexity index is 1230. The first-order valence-electron chi connectivity index (χ1n) is 24.5. The Kier molecular flexibility index (Phi) is 41.1. The van der Waals surface area contributed by atoms with Gasteiger partial charge in [-0.25, -0.2) is 4.79 Å². The maximum absolute atomic E-state index is 12.8. The molecule has 0 amide bonds. The predicted molar refractivity (Wildman–Crippen MR) is 257 cm³/mol. The molecule has 0 radical (unpaired) electrons. The Labute approximate surface area is 374 Å². The number of nitrogens with zero attached hydrogens (tertiary/aromatic N) is 1. The maximum atomic E-state index is 12.8. The molecule has 0 aromatic rings. The summed E-state index contributed by atoms with van der Waals surface area (Å²) in [6.45, 7) is 4.59. The van der Waals surface area contributed by atoms with E-state index in [0.29, 0.717) is 19.3 Å². The first-order chi connectivity index (χ1) is 29.6. The van der Waals surface area contributed by atoms with Gasteiger partial charge in [-0.05, 0) is 83.5 Å². The number of esters is 2. The fourth-order valence-corrected chi connectivity index (χ4v) is 6.82. The zero-order valence-corrected chi connectivity index (χ0v) is 39.8. The number of rotatable bonds is 43. The summed E-state index contributed by atoms with van der Waals surface area (Å²) in [5, 5.41) is 9.64. The van der Waals surface area contributed by atoms with Gasteiger partial charge >= 0.3 is 17.9 Å². The normalized spacial score (nSPS) is 13.5. The number of carbonyl (C=O) groups excluding carboxylic acids is 2. The van der Waals surface area contributed by atoms with Gasteiger partial charge in [-0.15, -0.1) is 0 Å². The van der Waals surface area contributed by atoms with E-state index in [2.05, 4.69) is 86.8 Å². The first-order valence-corrected chi connectivity index (χ1v) is 24.5. The van der Waals surface area contributed by atoms with Gasteiger partial charge in [-0.1, -0.05) is 164 Å². The molecule has 0 saturated heterocycles. The lowest BCUT2D eigenvalue weighted by Gasteiger charge is -2.31. The number of likely N-dealkylation sites (N-methyl/N-ethyl adjacent to an activating group) is 1. The summed E-state index contributed by atoms with van der Waals surface area (Å²) < 4.78 is 17.3. The third-order valence-corrected chi connectivity index (χ3v) is 10.6. The lowest BCUT2D eigenvalue weighted by Crippen LogP contribution is -2.50. The van der Waals surface area contributed by atoms with Gasteiger partial charge in [0.1, 0.15) is 6.61 Å². The lowest BCUT2D eigenvalue weighted by atomic mass is 10.1. The molecule has 0 aliphatic carbocycles. The molecule has 0 fully saturated rings. The Morgan fingerprint density at radius 1 is 0.508 bits per heavy atom. The second-order valence-electron chi connectivity index (χ2n) is 17.3. The zero-order valence-electron chi connectivity index (χ0n) is 39.8. The van der Waals surface area contributed by atoms with Gasteiger partial charge < -0.3 is 23.8 Å². The van der Waals surface area contributed by atoms with Crippen LogP contribution in [0, 0.1) is 0 Å². The third kappa shape index (κ3) is 41.9. The number of quaternary nitrogens is 1. The lowest BCUT2D eigenvalue weighted by molar-refractivity contribution is -0.887. The van der Waals surface area contributed by atoms with Crippen molar-refractivity contribution in [3.8, 4) is 0 Å². The van der Waals surface area contributed by atoms with Crippen molar-refractivity contribution in [3.63, 3.8) is 0 Å². The average Bonchev–Trinajstić information content (AvgIpc) is 3.22. The molecule has 0 aliphatic rings. The van der Waals surface area contributed by atoms with Crippen LogP contribution in [0.25, 0.3) is 0 Å². The summed E-state index contributed by atoms with van der Waals surface area (Å²) >= 11 is 0. The highest BCUT2D eigenvalue weighted by Crippen LogP contribution is 2.14. The molecule has 0 spiro atoms. The summed E-state index contributed by atoms with van der Waals surface area (Å²) in [6, 6.07) is -0.624. The fraction of sp³-hybridized carbons (Fsp3) is 0.717. The highest BCUT2D eigenvalue weighted by molar-refractivity contribution is 5.72. The summed E-state index contributed by atoms with van der Waals surface area (Å²) in [6.07, 6.45) is 55.1. The van der Waals surface area contributed by atoms with Crippen molar-refractivity contribution in [2.75, 3.05) is 41.0 Å². The van der Waals surface area contributed by atoms with Gasteiger partial charge in [0.2, 0.25) is 0 Å². The van der Waals surface area contributed by atoms with Gasteiger partial charge in [0, 0.05) is 19.3 Å². The van der Waals surface area contributed by atoms with E-state index in [1.54, 1.807) is 0 Å². The van der Waals surface area contributed by atoms with E-state index < -0.39 is 18.1 Å². The number of carboxylic acids is 1. The van der Waals surface area contributed by atoms with Crippen LogP contribution in [-0.4, -0.2) is 80.6 Å². The van der Waals surface area contributed by atoms with Crippen LogP contribution >= 0.6 is 0 Å². The van der Waals surface area contributed by atoms with Crippen LogP contribution in [0.15, 0.2) is 72.9 Å². The van der Waals surface area contributed by atoms with Gasteiger partial charge in [0.05, 0.1) is 34.4 Å². The molecule has 2 atom stereocenters. The summed E-state index contributed by atoms with van der Waals surface area (Å²) in [7, 11) is 5.52. The van der Waals surface area contributed by atoms with Gasteiger partial charge in [0.25, 0.3) is 0 Å². The van der Waals surface area contributed by atoms with Crippen LogP contribution in [-0.2, 0) is 28.6 Å². The van der Waals surface area contributed by atoms with Crippen LogP contribution in [0.3, 0.4) is 0 Å². The minimum absolute atomic E-state index is 0.0463. The molecule has 0 aliphatic heterocycles. The number of allylic oxidation sites excluding steroid dienone is 12. The molecule has 0 bridgehead atoms. The SMILES string of the molecule is CC/C=C/C/C=C/C/C=C/C/C=C/C/C=C/CCCCCCC(=O)OC(COCCC(C(=O)O)[N+](C)(C)C)COC(=O)CCCCCCCCC/C=C/CCCCCCCC. The first kappa shape index (κ1) is 57.8. The Hall–Kier alpha value is -3.23. The molecule has 350 valence electrons. The molecule has 0 heterocycles. The summed E-state index contributed by atoms with van der Waals surface area (Å²) in [4.78, 5) is 37.1. The van der Waals surface area contributed by atoms with E-state index in [1.165, 1.54) is 77.0 Å². The molecule has 2 unspecified atom stereocenters. The van der Waals surface area contributed by atoms with Crippen LogP contribution in [0.4, 0.5) is 0 Å². The highest BCUT2D eigenvalue weighted by Gasteiger charge is 2.31. The average molecular weight is 855 g/mol. The van der Waals surface area contributed by atoms with E-state index in [4.69, 9.17) is 14.2 Å². The number of carboxylic acid groups (broad SMARTS) is 1. The minimum atomic E-state index is -0.882. The van der Waals surface area contributed by atoms with Crippen molar-refractivity contribution >= 4 is 17.9 Å². The smallest absolute Gasteiger partial charge is 0.362 e. The van der Waals surface area contributed by atoms with Crippen molar-refractivity contribution in [1.29, 1.82) is 0 Å². The number of ether oxygens (including phenoxy) is 3. The third-order valence-electron chi connectivity index (χ3n) is 10.6. The molecule has 0 rings (SSSR count). The number of hydrogen-bond acceptors (Lipinski definition) is 6. The van der Waals surface area contributed by atoms with Crippen molar-refractivity contribution < 1.29 is 38.2 Å². The summed E-state index contributed by atoms with van der Waals surface area (Å²) in [5.74, 6) is -1.51. The van der Waals surface area contributed by atoms with Crippen molar-refractivity contribution in [2.45, 2.75) is 206 Å². The standard InChI is InChI=1S/C53H91NO7/c1-6-8-10-12-14-16-18-20-22-24-25-26-28-30-32-34-36-38-40-42-44-52(56)61-49(47-59-46-45-50(53(57)58)54(3,4)5)48-60-51(55)43-41-39-37-35-33-31-29-27-23-21-19-17-15-13-11-9-7-2/h8,10,14,16,20-23,25-26,30,32,49-50H,6-7,9,11-13,15,17-19,24,27-29,31,33-48H2,1-5H3/p+1/b10-8+,16-14+,22-20+,23-21+,26-25+,32-30+. The van der Waals surface area contributed by atoms with E-state index in [-0.39, 0.29) is 36.2 Å². The molecular formula is C53H92NO7+. The van der Waals surface area contributed by atoms with E-state index in [9.17, 15) is 19.5 Å². The van der Waals surface area contributed by atoms with Gasteiger partial charge in [-0.3, -0.25) is 9.59 Å². The van der Waals surface area contributed by atoms with Crippen molar-refractivity contribution in [3.05, 3.63) is 72.9 Å². The minimum Gasteiger partial charge on any atom is -0.477 e. The zero-order chi connectivity index (χ0) is 44.9. The molecule has 8 heteroatoms. The molecule has 0 aromatic heterocycles. The van der Waals surface area contributed by atoms with Crippen LogP contribution in [0.1, 0.15) is 194 Å². The number of unbranched alkanes of at least 4 members (excludes halogenated alkanes) is 17. The van der Waals surface area contributed by atoms with E-state index >= 15 is 0 Å². The van der Waals surface area contributed by atoms with Crippen LogP contribution in [0.5, 0.6) is 0 Å². The van der Waals surface area contributed by atoms with E-state index in [0.717, 1.165) is 83.5 Å². The van der Waals surface area contributed by atoms with Crippen LogP contribution < -0.4 is 0 Å². The molecule has 1 N–H and O–H groups in total. The molecule has 0 aromatic carbocycles. The summed E-state index contributed by atoms with van der Waals surface area (Å²) in [5.41, 5.74) is 0. The number of aliphatic carboxylic acids is 1. The molecular weight excluding hydrogens is 763 g/mol. The maximum Gasteiger partial charge on any atom is 0.362 e. The number of hydrogen-bond donors (Lipinski definition) is 1. The molecule has 8 nitrogen and oxygen atoms in total. The molecule has 0 saturated carbocycles. The van der Waals surface area contributed by atoms with E-state index in [1.807, 2.05) is 21.1 Å². The Balaban J connectivity index is 4.36. The monoisotopic (exact) mass is 855 g/mol. The quantitative estimate of drug-likeness (QED) is 0.0282. The fourth-order valence-electron chi connectivity index (χ4n) is 6.82. The Morgan fingerprint density at radius 2 is 0.918 bits per heavy atom. The second kappa shape index (κ2) is 43.4. The number of carbonyl (C=O) groups is 3. The van der Waals surface area contributed by atoms with Crippen molar-refractivity contribution in [1.82, 2.24) is 0 Å². The molecule has 61 heavy (non-hydrogen) atoms. The topological polar surface area (TPSA) is 99.1 Å².